The topological polar surface area (TPSA) is 67.7 Å². The quantitative estimate of drug-likeness (QED) is 0.721. The highest BCUT2D eigenvalue weighted by Crippen LogP contribution is 2.24. The summed E-state index contributed by atoms with van der Waals surface area (Å²) < 4.78 is 33.8. The Kier molecular flexibility index (Phi) is 6.20. The smallest absolute Gasteiger partial charge is 0.242 e. The van der Waals surface area contributed by atoms with Gasteiger partial charge in [-0.05, 0) is 37.5 Å². The molecule has 0 amide bonds. The van der Waals surface area contributed by atoms with Crippen LogP contribution in [-0.2, 0) is 27.8 Å². The van der Waals surface area contributed by atoms with E-state index in [-0.39, 0.29) is 4.90 Å². The predicted molar refractivity (Wildman–Crippen MR) is 106 cm³/mol. The minimum Gasteiger partial charge on any atom is -0.381 e. The third kappa shape index (κ3) is 4.18. The summed E-state index contributed by atoms with van der Waals surface area (Å²) in [6, 6.07) is 5.26. The molecule has 1 aliphatic heterocycles. The molecule has 0 bridgehead atoms. The molecular weight excluding hydrogens is 364 g/mol. The fourth-order valence-electron chi connectivity index (χ4n) is 3.63. The first-order chi connectivity index (χ1) is 12.9. The molecule has 0 atom stereocenters. The van der Waals surface area contributed by atoms with Crippen LogP contribution in [0.15, 0.2) is 23.1 Å². The van der Waals surface area contributed by atoms with Gasteiger partial charge in [0.25, 0.3) is 0 Å². The molecule has 1 fully saturated rings. The van der Waals surface area contributed by atoms with Crippen molar-refractivity contribution in [2.45, 2.75) is 50.3 Å². The van der Waals surface area contributed by atoms with E-state index in [4.69, 9.17) is 9.72 Å². The highest BCUT2D eigenvalue weighted by Gasteiger charge is 2.22. The van der Waals surface area contributed by atoms with E-state index in [1.807, 2.05) is 6.07 Å². The Hall–Kier alpha value is -1.48. The van der Waals surface area contributed by atoms with Gasteiger partial charge in [0.15, 0.2) is 0 Å². The summed E-state index contributed by atoms with van der Waals surface area (Å²) in [6.07, 6.45) is 3.43. The third-order valence-electron chi connectivity index (χ3n) is 5.26. The molecule has 1 saturated heterocycles. The molecule has 0 aliphatic carbocycles. The highest BCUT2D eigenvalue weighted by molar-refractivity contribution is 7.89. The first-order valence-corrected chi connectivity index (χ1v) is 11.0. The number of aromatic nitrogens is 2. The lowest BCUT2D eigenvalue weighted by Crippen LogP contribution is -2.36. The van der Waals surface area contributed by atoms with E-state index in [2.05, 4.69) is 16.4 Å². The van der Waals surface area contributed by atoms with E-state index in [1.165, 1.54) is 4.31 Å². The average Bonchev–Trinajstić information content (AvgIpc) is 2.99. The molecule has 8 heteroatoms. The maximum absolute atomic E-state index is 12.4. The predicted octanol–water partition coefficient (Wildman–Crippen LogP) is 2.31. The zero-order chi connectivity index (χ0) is 19.6. The van der Waals surface area contributed by atoms with Crippen LogP contribution in [0, 0.1) is 0 Å². The molecule has 2 heterocycles. The van der Waals surface area contributed by atoms with Gasteiger partial charge in [-0.25, -0.2) is 17.7 Å². The van der Waals surface area contributed by atoms with Crippen LogP contribution in [0.25, 0.3) is 11.0 Å². The molecule has 150 valence electrons. The number of rotatable bonds is 7. The molecule has 0 radical (unpaired) electrons. The van der Waals surface area contributed by atoms with E-state index >= 15 is 0 Å². The second-order valence-corrected chi connectivity index (χ2v) is 9.48. The minimum absolute atomic E-state index is 0.286. The number of nitrogens with zero attached hydrogens (tertiary/aromatic N) is 4. The van der Waals surface area contributed by atoms with Crippen LogP contribution in [0.4, 0.5) is 0 Å². The molecule has 0 N–H and O–H groups in total. The van der Waals surface area contributed by atoms with Crippen molar-refractivity contribution in [2.24, 2.45) is 0 Å². The molecule has 7 nitrogen and oxygen atoms in total. The molecule has 3 rings (SSSR count). The number of hydrogen-bond acceptors (Lipinski definition) is 5. The van der Waals surface area contributed by atoms with E-state index in [9.17, 15) is 8.42 Å². The van der Waals surface area contributed by atoms with Crippen LogP contribution in [0.1, 0.15) is 32.0 Å². The van der Waals surface area contributed by atoms with Crippen molar-refractivity contribution in [3.63, 3.8) is 0 Å². The number of imidazole rings is 1. The lowest BCUT2D eigenvalue weighted by Gasteiger charge is -2.30. The van der Waals surface area contributed by atoms with Crippen LogP contribution in [0.2, 0.25) is 0 Å². The first-order valence-electron chi connectivity index (χ1n) is 9.53. The van der Waals surface area contributed by atoms with Gasteiger partial charge in [-0.1, -0.05) is 6.92 Å². The number of hydrogen-bond donors (Lipinski definition) is 0. The van der Waals surface area contributed by atoms with Gasteiger partial charge in [0, 0.05) is 40.8 Å². The lowest BCUT2D eigenvalue weighted by atomic mass is 10.1. The Balaban J connectivity index is 1.91. The fraction of sp³-hybridized carbons (Fsp3) is 0.632. The summed E-state index contributed by atoms with van der Waals surface area (Å²) >= 11 is 0. The van der Waals surface area contributed by atoms with Gasteiger partial charge in [-0.2, -0.15) is 0 Å². The van der Waals surface area contributed by atoms with E-state index < -0.39 is 10.0 Å². The number of methoxy groups -OCH3 is 1. The molecule has 1 aromatic carbocycles. The molecular formula is C19H30N4O3S. The van der Waals surface area contributed by atoms with Crippen LogP contribution in [-0.4, -0.2) is 67.6 Å². The Bertz CT molecular complexity index is 884. The van der Waals surface area contributed by atoms with Gasteiger partial charge in [0.05, 0.1) is 28.6 Å². The monoisotopic (exact) mass is 394 g/mol. The summed E-state index contributed by atoms with van der Waals surface area (Å²) in [5, 5.41) is 0. The third-order valence-corrected chi connectivity index (χ3v) is 7.07. The second-order valence-electron chi connectivity index (χ2n) is 7.33. The van der Waals surface area contributed by atoms with Gasteiger partial charge < -0.3 is 9.30 Å². The summed E-state index contributed by atoms with van der Waals surface area (Å²) in [6.45, 7) is 5.79. The molecule has 2 aromatic rings. The van der Waals surface area contributed by atoms with E-state index in [0.717, 1.165) is 62.3 Å². The van der Waals surface area contributed by atoms with Crippen molar-refractivity contribution < 1.29 is 13.2 Å². The molecule has 1 aromatic heterocycles. The van der Waals surface area contributed by atoms with Gasteiger partial charge in [-0.3, -0.25) is 4.90 Å². The molecule has 0 saturated carbocycles. The van der Waals surface area contributed by atoms with Crippen molar-refractivity contribution in [3.8, 4) is 0 Å². The molecule has 0 spiro atoms. The lowest BCUT2D eigenvalue weighted by molar-refractivity contribution is 0.0379. The maximum atomic E-state index is 12.4. The van der Waals surface area contributed by atoms with Crippen molar-refractivity contribution in [2.75, 3.05) is 34.3 Å². The van der Waals surface area contributed by atoms with Gasteiger partial charge in [0.1, 0.15) is 5.82 Å². The molecule has 1 aliphatic rings. The van der Waals surface area contributed by atoms with E-state index in [0.29, 0.717) is 6.10 Å². The largest absolute Gasteiger partial charge is 0.381 e. The van der Waals surface area contributed by atoms with Crippen molar-refractivity contribution in [3.05, 3.63) is 24.0 Å². The second kappa shape index (κ2) is 8.26. The van der Waals surface area contributed by atoms with Crippen molar-refractivity contribution >= 4 is 21.1 Å². The highest BCUT2D eigenvalue weighted by atomic mass is 32.2. The Labute approximate surface area is 162 Å². The number of fused-ring (bicyclic) bond motifs is 1. The van der Waals surface area contributed by atoms with Gasteiger partial charge in [0.2, 0.25) is 10.0 Å². The Morgan fingerprint density at radius 1 is 1.26 bits per heavy atom. The average molecular weight is 395 g/mol. The van der Waals surface area contributed by atoms with Crippen LogP contribution < -0.4 is 0 Å². The number of ether oxygens (including phenoxy) is 1. The summed E-state index contributed by atoms with van der Waals surface area (Å²) in [7, 11) is 1.41. The molecule has 27 heavy (non-hydrogen) atoms. The number of likely N-dealkylation sites (tertiary alicyclic amines) is 1. The standard InChI is InChI=1S/C19H30N4O3S/c1-5-10-23-18-7-6-16(27(24,25)21(2)3)13-17(18)20-19(23)14-22-11-8-15(26-4)9-12-22/h6-7,13,15H,5,8-12,14H2,1-4H3. The SMILES string of the molecule is CCCn1c(CN2CCC(OC)CC2)nc2cc(S(=O)(=O)N(C)C)ccc21. The van der Waals surface area contributed by atoms with Crippen molar-refractivity contribution in [1.82, 2.24) is 18.8 Å². The minimum atomic E-state index is -3.46. The first kappa shape index (κ1) is 20.3. The van der Waals surface area contributed by atoms with Crippen LogP contribution >= 0.6 is 0 Å². The fourth-order valence-corrected chi connectivity index (χ4v) is 4.55. The maximum Gasteiger partial charge on any atom is 0.242 e. The number of sulfonamides is 1. The summed E-state index contributed by atoms with van der Waals surface area (Å²) in [5.74, 6) is 1.00. The normalized spacial score (nSPS) is 17.2. The zero-order valence-electron chi connectivity index (χ0n) is 16.7. The van der Waals surface area contributed by atoms with Crippen molar-refractivity contribution in [1.29, 1.82) is 0 Å². The Morgan fingerprint density at radius 3 is 2.56 bits per heavy atom. The summed E-state index contributed by atoms with van der Waals surface area (Å²) in [5.41, 5.74) is 1.74. The number of aryl methyl sites for hydroxylation is 1. The number of piperidine rings is 1. The molecule has 0 unspecified atom stereocenters. The van der Waals surface area contributed by atoms with Crippen LogP contribution in [0.5, 0.6) is 0 Å². The van der Waals surface area contributed by atoms with Gasteiger partial charge in [-0.15, -0.1) is 0 Å². The zero-order valence-corrected chi connectivity index (χ0v) is 17.5. The van der Waals surface area contributed by atoms with Gasteiger partial charge >= 0.3 is 0 Å². The van der Waals surface area contributed by atoms with E-state index in [1.54, 1.807) is 33.3 Å². The van der Waals surface area contributed by atoms with Crippen LogP contribution in [0.3, 0.4) is 0 Å². The Morgan fingerprint density at radius 2 is 1.96 bits per heavy atom. The summed E-state index contributed by atoms with van der Waals surface area (Å²) in [4.78, 5) is 7.49. The number of benzene rings is 1.